The van der Waals surface area contributed by atoms with E-state index in [1.807, 2.05) is 0 Å². The molecular formula is C18H31N4OS+. The highest BCUT2D eigenvalue weighted by Gasteiger charge is 2.26. The summed E-state index contributed by atoms with van der Waals surface area (Å²) < 4.78 is 7.66. The molecule has 0 aliphatic carbocycles. The number of morpholine rings is 1. The molecule has 1 atom stereocenters. The maximum Gasteiger partial charge on any atom is 0.169 e. The van der Waals surface area contributed by atoms with Crippen molar-refractivity contribution in [3.05, 3.63) is 24.0 Å². The molecule has 5 nitrogen and oxygen atoms in total. The van der Waals surface area contributed by atoms with Crippen molar-refractivity contribution in [2.24, 2.45) is 7.05 Å². The van der Waals surface area contributed by atoms with Crippen molar-refractivity contribution < 1.29 is 9.64 Å². The van der Waals surface area contributed by atoms with Gasteiger partial charge >= 0.3 is 0 Å². The number of likely N-dealkylation sites (tertiary alicyclic amines) is 1. The molecule has 2 aliphatic heterocycles. The van der Waals surface area contributed by atoms with Crippen LogP contribution in [0.1, 0.15) is 37.4 Å². The first-order chi connectivity index (χ1) is 11.8. The van der Waals surface area contributed by atoms with Crippen LogP contribution in [0.5, 0.6) is 0 Å². The number of thiocarbonyl (C=S) groups is 1. The fraction of sp³-hybridized carbons (Fsp3) is 0.722. The fourth-order valence-corrected chi connectivity index (χ4v) is 4.16. The molecule has 1 aromatic rings. The van der Waals surface area contributed by atoms with Gasteiger partial charge in [0, 0.05) is 25.5 Å². The Kier molecular flexibility index (Phi) is 6.51. The third-order valence-corrected chi connectivity index (χ3v) is 5.67. The number of aryl methyl sites for hydroxylation is 1. The van der Waals surface area contributed by atoms with Crippen LogP contribution in [0, 0.1) is 0 Å². The minimum atomic E-state index is 0.406. The van der Waals surface area contributed by atoms with Crippen LogP contribution in [0.3, 0.4) is 0 Å². The average molecular weight is 352 g/mol. The molecule has 0 spiro atoms. The van der Waals surface area contributed by atoms with Crippen LogP contribution in [0.25, 0.3) is 0 Å². The molecule has 3 rings (SSSR count). The van der Waals surface area contributed by atoms with Crippen molar-refractivity contribution >= 4 is 17.3 Å². The Bertz CT molecular complexity index is 527. The van der Waals surface area contributed by atoms with Gasteiger partial charge in [-0.25, -0.2) is 0 Å². The predicted octanol–water partition coefficient (Wildman–Crippen LogP) is 0.732. The van der Waals surface area contributed by atoms with E-state index in [-0.39, 0.29) is 0 Å². The Hall–Kier alpha value is -1.11. The molecule has 2 saturated heterocycles. The topological polar surface area (TPSA) is 33.9 Å². The summed E-state index contributed by atoms with van der Waals surface area (Å²) in [6.45, 7) is 7.14. The summed E-state index contributed by atoms with van der Waals surface area (Å²) in [5.74, 6) is 0. The molecule has 0 unspecified atom stereocenters. The number of nitrogens with one attached hydrogen (secondary N) is 2. The largest absolute Gasteiger partial charge is 0.370 e. The molecule has 0 amide bonds. The van der Waals surface area contributed by atoms with Crippen LogP contribution >= 0.6 is 12.2 Å². The number of hydrogen-bond acceptors (Lipinski definition) is 2. The number of hydrogen-bond donors (Lipinski definition) is 2. The normalized spacial score (nSPS) is 23.0. The molecule has 3 heterocycles. The Labute approximate surface area is 150 Å². The van der Waals surface area contributed by atoms with Crippen molar-refractivity contribution in [3.8, 4) is 0 Å². The lowest BCUT2D eigenvalue weighted by atomic mass is 10.1. The Morgan fingerprint density at radius 1 is 1.33 bits per heavy atom. The van der Waals surface area contributed by atoms with E-state index in [4.69, 9.17) is 17.0 Å². The maximum atomic E-state index is 5.77. The molecule has 0 radical (unpaired) electrons. The van der Waals surface area contributed by atoms with Crippen LogP contribution in [0.15, 0.2) is 18.3 Å². The molecule has 1 aromatic heterocycles. The van der Waals surface area contributed by atoms with Gasteiger partial charge in [-0.2, -0.15) is 0 Å². The van der Waals surface area contributed by atoms with Crippen molar-refractivity contribution in [2.75, 3.05) is 45.9 Å². The summed E-state index contributed by atoms with van der Waals surface area (Å²) in [6.07, 6.45) is 7.15. The fourth-order valence-electron chi connectivity index (χ4n) is 3.84. The first kappa shape index (κ1) is 17.7. The molecule has 0 aromatic carbocycles. The number of quaternary nitrogens is 1. The summed E-state index contributed by atoms with van der Waals surface area (Å²) in [7, 11) is 2.14. The van der Waals surface area contributed by atoms with E-state index in [2.05, 4.69) is 40.2 Å². The van der Waals surface area contributed by atoms with E-state index < -0.39 is 0 Å². The van der Waals surface area contributed by atoms with Crippen molar-refractivity contribution in [1.82, 2.24) is 14.8 Å². The lowest BCUT2D eigenvalue weighted by Crippen LogP contribution is -3.14. The molecule has 134 valence electrons. The van der Waals surface area contributed by atoms with Crippen LogP contribution in [0.2, 0.25) is 0 Å². The lowest BCUT2D eigenvalue weighted by molar-refractivity contribution is -0.906. The average Bonchev–Trinajstić information content (AvgIpc) is 2.88. The van der Waals surface area contributed by atoms with E-state index in [9.17, 15) is 0 Å². The standard InChI is InChI=1S/C18H30N4OS/c1-20-9-5-7-16(20)17-6-3-2-4-10-22(17)18(24)19-8-11-21-12-14-23-15-13-21/h5,7,9,17H,2-4,6,8,10-15H2,1H3,(H,19,24)/p+1/t17-/m0/s1. The Balaban J connectivity index is 1.56. The third-order valence-electron chi connectivity index (χ3n) is 5.29. The Morgan fingerprint density at radius 3 is 2.92 bits per heavy atom. The predicted molar refractivity (Wildman–Crippen MR) is 100 cm³/mol. The maximum absolute atomic E-state index is 5.77. The number of aromatic nitrogens is 1. The molecule has 6 heteroatoms. The van der Waals surface area contributed by atoms with Crippen LogP contribution in [-0.2, 0) is 11.8 Å². The minimum Gasteiger partial charge on any atom is -0.370 e. The molecule has 24 heavy (non-hydrogen) atoms. The van der Waals surface area contributed by atoms with Crippen LogP contribution in [0.4, 0.5) is 0 Å². The van der Waals surface area contributed by atoms with Crippen LogP contribution < -0.4 is 10.2 Å². The number of nitrogens with zero attached hydrogens (tertiary/aromatic N) is 2. The third kappa shape index (κ3) is 4.49. The van der Waals surface area contributed by atoms with Crippen LogP contribution in [-0.4, -0.2) is 60.5 Å². The summed E-state index contributed by atoms with van der Waals surface area (Å²) in [5.41, 5.74) is 1.37. The highest BCUT2D eigenvalue weighted by Crippen LogP contribution is 2.30. The van der Waals surface area contributed by atoms with E-state index >= 15 is 0 Å². The number of rotatable bonds is 4. The molecule has 0 saturated carbocycles. The van der Waals surface area contributed by atoms with Crippen molar-refractivity contribution in [3.63, 3.8) is 0 Å². The number of ether oxygens (including phenoxy) is 1. The zero-order valence-corrected chi connectivity index (χ0v) is 15.6. The lowest BCUT2D eigenvalue weighted by Gasteiger charge is -2.33. The second kappa shape index (κ2) is 8.83. The second-order valence-corrected chi connectivity index (χ2v) is 7.33. The van der Waals surface area contributed by atoms with Gasteiger partial charge in [0.15, 0.2) is 5.11 Å². The quantitative estimate of drug-likeness (QED) is 0.784. The van der Waals surface area contributed by atoms with Gasteiger partial charge in [0.1, 0.15) is 13.1 Å². The highest BCUT2D eigenvalue weighted by molar-refractivity contribution is 7.80. The molecule has 0 bridgehead atoms. The summed E-state index contributed by atoms with van der Waals surface area (Å²) >= 11 is 5.77. The van der Waals surface area contributed by atoms with Gasteiger partial charge < -0.3 is 24.4 Å². The van der Waals surface area contributed by atoms with Gasteiger partial charge in [0.25, 0.3) is 0 Å². The van der Waals surface area contributed by atoms with Gasteiger partial charge in [-0.15, -0.1) is 0 Å². The van der Waals surface area contributed by atoms with Gasteiger partial charge in [-0.1, -0.05) is 12.8 Å². The van der Waals surface area contributed by atoms with Gasteiger partial charge in [-0.05, 0) is 37.2 Å². The minimum absolute atomic E-state index is 0.406. The molecule has 2 fully saturated rings. The second-order valence-electron chi connectivity index (χ2n) is 6.95. The van der Waals surface area contributed by atoms with Gasteiger partial charge in [-0.3, -0.25) is 0 Å². The summed E-state index contributed by atoms with van der Waals surface area (Å²) in [6, 6.07) is 4.78. The monoisotopic (exact) mass is 351 g/mol. The van der Waals surface area contributed by atoms with Gasteiger partial charge in [0.05, 0.1) is 32.3 Å². The van der Waals surface area contributed by atoms with E-state index in [1.165, 1.54) is 31.4 Å². The first-order valence-electron chi connectivity index (χ1n) is 9.33. The Morgan fingerprint density at radius 2 is 2.17 bits per heavy atom. The first-order valence-corrected chi connectivity index (χ1v) is 9.73. The van der Waals surface area contributed by atoms with Crippen molar-refractivity contribution in [1.29, 1.82) is 0 Å². The molecule has 2 aliphatic rings. The summed E-state index contributed by atoms with van der Waals surface area (Å²) in [4.78, 5) is 4.04. The zero-order chi connectivity index (χ0) is 16.8. The highest BCUT2D eigenvalue weighted by atomic mass is 32.1. The van der Waals surface area contributed by atoms with Crippen molar-refractivity contribution in [2.45, 2.75) is 31.7 Å². The van der Waals surface area contributed by atoms with E-state index in [1.54, 1.807) is 4.90 Å². The smallest absolute Gasteiger partial charge is 0.169 e. The van der Waals surface area contributed by atoms with Gasteiger partial charge in [0.2, 0.25) is 0 Å². The zero-order valence-electron chi connectivity index (χ0n) is 14.8. The molecular weight excluding hydrogens is 320 g/mol. The molecule has 2 N–H and O–H groups in total. The van der Waals surface area contributed by atoms with E-state index in [0.29, 0.717) is 6.04 Å². The summed E-state index contributed by atoms with van der Waals surface area (Å²) in [5, 5.41) is 4.45. The SMILES string of the molecule is Cn1cccc1[C@@H]1CCCCCN1C(=S)NCC[NH+]1CCOCC1. The van der Waals surface area contributed by atoms with E-state index in [0.717, 1.165) is 51.0 Å².